The van der Waals surface area contributed by atoms with Crippen LogP contribution in [0.5, 0.6) is 0 Å². The summed E-state index contributed by atoms with van der Waals surface area (Å²) in [7, 11) is 3.37. The van der Waals surface area contributed by atoms with Crippen LogP contribution in [0.15, 0.2) is 0 Å². The molecular weight excluding hydrogens is 92.1 g/mol. The first-order valence-electron chi connectivity index (χ1n) is 2.21. The minimum atomic E-state index is -0.0231. The van der Waals surface area contributed by atoms with Gasteiger partial charge >= 0.3 is 0 Å². The zero-order chi connectivity index (χ0) is 5.86. The summed E-state index contributed by atoms with van der Waals surface area (Å²) in [6, 6.07) is 0. The predicted molar refractivity (Wildman–Crippen MR) is 28.4 cm³/mol. The Morgan fingerprint density at radius 2 is 2.14 bits per heavy atom. The van der Waals surface area contributed by atoms with E-state index in [9.17, 15) is 0 Å². The first-order chi connectivity index (χ1) is 3.18. The summed E-state index contributed by atoms with van der Waals surface area (Å²) in [5.41, 5.74) is 5.35. The maximum atomic E-state index is 5.35. The van der Waals surface area contributed by atoms with E-state index in [-0.39, 0.29) is 6.17 Å². The second-order valence-electron chi connectivity index (χ2n) is 1.47. The Morgan fingerprint density at radius 3 is 2.14 bits per heavy atom. The second kappa shape index (κ2) is 2.96. The van der Waals surface area contributed by atoms with Gasteiger partial charge < -0.3 is 10.6 Å². The normalized spacial score (nSPS) is 15.0. The minimum Gasteiger partial charge on any atom is -0.314 e. The molecule has 0 aliphatic rings. The molecule has 2 N–H and O–H groups in total. The lowest BCUT2D eigenvalue weighted by molar-refractivity contribution is -0.134. The highest BCUT2D eigenvalue weighted by Crippen LogP contribution is 1.82. The first kappa shape index (κ1) is 6.88. The van der Waals surface area contributed by atoms with Crippen LogP contribution in [0.25, 0.3) is 0 Å². The lowest BCUT2D eigenvalue weighted by Crippen LogP contribution is -2.35. The van der Waals surface area contributed by atoms with Gasteiger partial charge in [0.15, 0.2) is 0 Å². The van der Waals surface area contributed by atoms with Gasteiger partial charge in [0.05, 0.1) is 13.3 Å². The Bertz CT molecular complexity index is 47.0. The molecule has 0 aliphatic carbocycles. The van der Waals surface area contributed by atoms with Crippen molar-refractivity contribution in [2.45, 2.75) is 13.1 Å². The fraction of sp³-hybridized carbons (Fsp3) is 1.00. The van der Waals surface area contributed by atoms with Gasteiger partial charge in [-0.15, -0.1) is 0 Å². The van der Waals surface area contributed by atoms with E-state index in [4.69, 9.17) is 10.6 Å². The van der Waals surface area contributed by atoms with Crippen LogP contribution < -0.4 is 5.73 Å². The quantitative estimate of drug-likeness (QED) is 0.389. The van der Waals surface area contributed by atoms with Crippen molar-refractivity contribution in [1.29, 1.82) is 0 Å². The Labute approximate surface area is 44.0 Å². The molecular formula is C4H12N2O. The van der Waals surface area contributed by atoms with Gasteiger partial charge in [-0.25, -0.2) is 0 Å². The van der Waals surface area contributed by atoms with E-state index in [2.05, 4.69) is 0 Å². The van der Waals surface area contributed by atoms with Gasteiger partial charge in [-0.05, 0) is 6.92 Å². The van der Waals surface area contributed by atoms with Crippen molar-refractivity contribution in [3.8, 4) is 0 Å². The lowest BCUT2D eigenvalue weighted by atomic mass is 10.6. The average molecular weight is 104 g/mol. The van der Waals surface area contributed by atoms with E-state index in [1.165, 1.54) is 0 Å². The summed E-state index contributed by atoms with van der Waals surface area (Å²) in [4.78, 5) is 4.72. The molecule has 0 heterocycles. The zero-order valence-electron chi connectivity index (χ0n) is 5.01. The SMILES string of the molecule is CON(C)C(C)N. The highest BCUT2D eigenvalue weighted by molar-refractivity contribution is 4.38. The summed E-state index contributed by atoms with van der Waals surface area (Å²) in [6.45, 7) is 1.85. The maximum Gasteiger partial charge on any atom is 0.0786 e. The van der Waals surface area contributed by atoms with Gasteiger partial charge in [-0.3, -0.25) is 0 Å². The van der Waals surface area contributed by atoms with E-state index in [0.29, 0.717) is 0 Å². The number of rotatable bonds is 2. The van der Waals surface area contributed by atoms with Crippen LogP contribution in [-0.2, 0) is 4.84 Å². The van der Waals surface area contributed by atoms with Gasteiger partial charge in [0.25, 0.3) is 0 Å². The molecule has 0 radical (unpaired) electrons. The summed E-state index contributed by atoms with van der Waals surface area (Å²) in [5.74, 6) is 0. The third-order valence-corrected chi connectivity index (χ3v) is 0.862. The molecule has 7 heavy (non-hydrogen) atoms. The van der Waals surface area contributed by atoms with Crippen LogP contribution in [0, 0.1) is 0 Å². The number of hydrogen-bond donors (Lipinski definition) is 1. The topological polar surface area (TPSA) is 38.5 Å². The maximum absolute atomic E-state index is 5.35. The van der Waals surface area contributed by atoms with Crippen molar-refractivity contribution in [2.24, 2.45) is 5.73 Å². The standard InChI is InChI=1S/C4H12N2O/c1-4(5)6(2)7-3/h4H,5H2,1-3H3. The van der Waals surface area contributed by atoms with E-state index >= 15 is 0 Å². The summed E-state index contributed by atoms with van der Waals surface area (Å²) in [5, 5.41) is 1.57. The van der Waals surface area contributed by atoms with Crippen LogP contribution >= 0.6 is 0 Å². The Balaban J connectivity index is 3.14. The zero-order valence-corrected chi connectivity index (χ0v) is 5.01. The Hall–Kier alpha value is -0.120. The molecule has 0 saturated heterocycles. The fourth-order valence-corrected chi connectivity index (χ4v) is 0.166. The molecule has 0 bridgehead atoms. The third kappa shape index (κ3) is 2.56. The summed E-state index contributed by atoms with van der Waals surface area (Å²) < 4.78 is 0. The van der Waals surface area contributed by atoms with Crippen molar-refractivity contribution in [1.82, 2.24) is 5.06 Å². The highest BCUT2D eigenvalue weighted by Gasteiger charge is 1.97. The molecule has 0 spiro atoms. The van der Waals surface area contributed by atoms with Crippen LogP contribution in [0.2, 0.25) is 0 Å². The van der Waals surface area contributed by atoms with Gasteiger partial charge in [-0.2, -0.15) is 5.06 Å². The number of nitrogens with zero attached hydrogens (tertiary/aromatic N) is 1. The largest absolute Gasteiger partial charge is 0.314 e. The molecule has 0 aromatic heterocycles. The van der Waals surface area contributed by atoms with Crippen LogP contribution in [-0.4, -0.2) is 25.4 Å². The predicted octanol–water partition coefficient (Wildman–Crippen LogP) is -0.216. The molecule has 0 saturated carbocycles. The van der Waals surface area contributed by atoms with Crippen LogP contribution in [0.4, 0.5) is 0 Å². The van der Waals surface area contributed by atoms with Crippen molar-refractivity contribution in [3.05, 3.63) is 0 Å². The van der Waals surface area contributed by atoms with Crippen molar-refractivity contribution >= 4 is 0 Å². The lowest BCUT2D eigenvalue weighted by Gasteiger charge is -2.16. The first-order valence-corrected chi connectivity index (χ1v) is 2.21. The number of nitrogens with two attached hydrogens (primary N) is 1. The smallest absolute Gasteiger partial charge is 0.0786 e. The Morgan fingerprint density at radius 1 is 1.71 bits per heavy atom. The van der Waals surface area contributed by atoms with Crippen molar-refractivity contribution in [3.63, 3.8) is 0 Å². The average Bonchev–Trinajstić information content (AvgIpc) is 1.65. The molecule has 0 rings (SSSR count). The van der Waals surface area contributed by atoms with E-state index in [1.807, 2.05) is 6.92 Å². The highest BCUT2D eigenvalue weighted by atomic mass is 16.7. The third-order valence-electron chi connectivity index (χ3n) is 0.862. The van der Waals surface area contributed by atoms with Gasteiger partial charge in [0, 0.05) is 7.05 Å². The molecule has 1 unspecified atom stereocenters. The van der Waals surface area contributed by atoms with E-state index in [0.717, 1.165) is 0 Å². The molecule has 3 heteroatoms. The molecule has 0 aromatic rings. The molecule has 0 aliphatic heterocycles. The van der Waals surface area contributed by atoms with Gasteiger partial charge in [0.2, 0.25) is 0 Å². The van der Waals surface area contributed by atoms with Crippen LogP contribution in [0.1, 0.15) is 6.92 Å². The second-order valence-corrected chi connectivity index (χ2v) is 1.47. The molecule has 44 valence electrons. The molecule has 0 amide bonds. The van der Waals surface area contributed by atoms with Crippen molar-refractivity contribution < 1.29 is 4.84 Å². The van der Waals surface area contributed by atoms with Gasteiger partial charge in [0.1, 0.15) is 0 Å². The molecule has 0 fully saturated rings. The Kier molecular flexibility index (Phi) is 2.91. The molecule has 3 nitrogen and oxygen atoms in total. The number of hydroxylamine groups is 2. The number of hydrogen-bond acceptors (Lipinski definition) is 3. The molecule has 0 aromatic carbocycles. The monoisotopic (exact) mass is 104 g/mol. The molecule has 1 atom stereocenters. The summed E-state index contributed by atoms with van der Waals surface area (Å²) in [6.07, 6.45) is -0.0231. The van der Waals surface area contributed by atoms with Crippen LogP contribution in [0.3, 0.4) is 0 Å². The minimum absolute atomic E-state index is 0.0231. The fourth-order valence-electron chi connectivity index (χ4n) is 0.166. The van der Waals surface area contributed by atoms with E-state index in [1.54, 1.807) is 19.2 Å². The van der Waals surface area contributed by atoms with Gasteiger partial charge in [-0.1, -0.05) is 0 Å². The summed E-state index contributed by atoms with van der Waals surface area (Å²) >= 11 is 0. The van der Waals surface area contributed by atoms with Crippen molar-refractivity contribution in [2.75, 3.05) is 14.2 Å². The van der Waals surface area contributed by atoms with E-state index < -0.39 is 0 Å².